The molecule has 2 aliphatic rings. The largest absolute Gasteiger partial charge is 0.326 e. The van der Waals surface area contributed by atoms with Crippen LogP contribution in [0.2, 0.25) is 0 Å². The van der Waals surface area contributed by atoms with Crippen LogP contribution in [0.4, 0.5) is 4.39 Å². The van der Waals surface area contributed by atoms with E-state index in [0.717, 1.165) is 12.0 Å². The van der Waals surface area contributed by atoms with Crippen LogP contribution in [0.5, 0.6) is 0 Å². The molecule has 1 heterocycles. The van der Waals surface area contributed by atoms with E-state index in [1.54, 1.807) is 6.07 Å². The second-order valence-electron chi connectivity index (χ2n) is 6.53. The average Bonchev–Trinajstić information content (AvgIpc) is 3.14. The van der Waals surface area contributed by atoms with Crippen molar-refractivity contribution in [1.29, 1.82) is 0 Å². The van der Waals surface area contributed by atoms with E-state index >= 15 is 0 Å². The SMILES string of the molecule is NC(Cc1cccc(F)c1Br)C1(N2CCCC2)CCCC1. The highest BCUT2D eigenvalue weighted by atomic mass is 79.9. The van der Waals surface area contributed by atoms with Crippen LogP contribution in [0.15, 0.2) is 22.7 Å². The molecule has 116 valence electrons. The monoisotopic (exact) mass is 354 g/mol. The standard InChI is InChI=1S/C17H24BrFN2/c18-16-13(6-5-7-14(16)19)12-15(20)17(8-1-2-9-17)21-10-3-4-11-21/h5-7,15H,1-4,8-12,20H2. The zero-order chi connectivity index (χ0) is 14.9. The van der Waals surface area contributed by atoms with E-state index in [2.05, 4.69) is 20.8 Å². The summed E-state index contributed by atoms with van der Waals surface area (Å²) in [6, 6.07) is 5.33. The van der Waals surface area contributed by atoms with E-state index in [9.17, 15) is 4.39 Å². The van der Waals surface area contributed by atoms with Gasteiger partial charge in [0.05, 0.1) is 4.47 Å². The van der Waals surface area contributed by atoms with Crippen LogP contribution in [0, 0.1) is 5.82 Å². The first kappa shape index (κ1) is 15.4. The smallest absolute Gasteiger partial charge is 0.137 e. The zero-order valence-electron chi connectivity index (χ0n) is 12.5. The molecular weight excluding hydrogens is 331 g/mol. The number of nitrogens with two attached hydrogens (primary N) is 1. The van der Waals surface area contributed by atoms with Gasteiger partial charge in [-0.3, -0.25) is 4.90 Å². The van der Waals surface area contributed by atoms with E-state index in [4.69, 9.17) is 5.73 Å². The molecule has 0 aromatic heterocycles. The average molecular weight is 355 g/mol. The quantitative estimate of drug-likeness (QED) is 0.889. The Bertz CT molecular complexity index is 494. The van der Waals surface area contributed by atoms with Crippen LogP contribution in [0.1, 0.15) is 44.1 Å². The number of hydrogen-bond acceptors (Lipinski definition) is 2. The van der Waals surface area contributed by atoms with Crippen LogP contribution in [-0.4, -0.2) is 29.6 Å². The lowest BCUT2D eigenvalue weighted by molar-refractivity contribution is 0.0920. The lowest BCUT2D eigenvalue weighted by Crippen LogP contribution is -2.58. The minimum Gasteiger partial charge on any atom is -0.326 e. The summed E-state index contributed by atoms with van der Waals surface area (Å²) in [7, 11) is 0. The number of benzene rings is 1. The van der Waals surface area contributed by atoms with E-state index < -0.39 is 0 Å². The van der Waals surface area contributed by atoms with Crippen LogP contribution in [0.3, 0.4) is 0 Å². The lowest BCUT2D eigenvalue weighted by Gasteiger charge is -2.43. The van der Waals surface area contributed by atoms with Gasteiger partial charge in [-0.05, 0) is 72.8 Å². The van der Waals surface area contributed by atoms with Crippen molar-refractivity contribution in [2.45, 2.75) is 56.5 Å². The van der Waals surface area contributed by atoms with E-state index in [0.29, 0.717) is 4.47 Å². The van der Waals surface area contributed by atoms with Crippen molar-refractivity contribution in [2.75, 3.05) is 13.1 Å². The summed E-state index contributed by atoms with van der Waals surface area (Å²) in [5.41, 5.74) is 7.79. The molecule has 1 saturated carbocycles. The van der Waals surface area contributed by atoms with Crippen molar-refractivity contribution in [2.24, 2.45) is 5.73 Å². The fourth-order valence-electron chi connectivity index (χ4n) is 4.20. The molecule has 0 radical (unpaired) electrons. The Balaban J connectivity index is 1.81. The molecule has 1 aromatic rings. The predicted octanol–water partition coefficient (Wildman–Crippen LogP) is 3.87. The van der Waals surface area contributed by atoms with Gasteiger partial charge >= 0.3 is 0 Å². The second-order valence-corrected chi connectivity index (χ2v) is 7.32. The first-order valence-corrected chi connectivity index (χ1v) is 8.86. The second kappa shape index (κ2) is 6.35. The molecule has 2 fully saturated rings. The number of rotatable bonds is 4. The predicted molar refractivity (Wildman–Crippen MR) is 87.8 cm³/mol. The third-order valence-corrected chi connectivity index (χ3v) is 6.25. The molecule has 3 rings (SSSR count). The summed E-state index contributed by atoms with van der Waals surface area (Å²) < 4.78 is 14.3. The molecule has 1 atom stereocenters. The maximum absolute atomic E-state index is 13.7. The van der Waals surface area contributed by atoms with Gasteiger partial charge in [-0.15, -0.1) is 0 Å². The fraction of sp³-hybridized carbons (Fsp3) is 0.647. The van der Waals surface area contributed by atoms with Crippen molar-refractivity contribution in [3.8, 4) is 0 Å². The summed E-state index contributed by atoms with van der Waals surface area (Å²) in [5, 5.41) is 0. The molecular formula is C17H24BrFN2. The number of hydrogen-bond donors (Lipinski definition) is 1. The van der Waals surface area contributed by atoms with Crippen LogP contribution in [-0.2, 0) is 6.42 Å². The highest BCUT2D eigenvalue weighted by Crippen LogP contribution is 2.40. The molecule has 2 N–H and O–H groups in total. The Morgan fingerprint density at radius 3 is 2.52 bits per heavy atom. The molecule has 1 unspecified atom stereocenters. The highest BCUT2D eigenvalue weighted by Gasteiger charge is 2.45. The third kappa shape index (κ3) is 2.90. The summed E-state index contributed by atoms with van der Waals surface area (Å²) in [6.07, 6.45) is 8.26. The molecule has 4 heteroatoms. The molecule has 0 spiro atoms. The van der Waals surface area contributed by atoms with Gasteiger partial charge in [-0.2, -0.15) is 0 Å². The first-order valence-electron chi connectivity index (χ1n) is 8.07. The minimum absolute atomic E-state index is 0.0798. The minimum atomic E-state index is -0.193. The van der Waals surface area contributed by atoms with Gasteiger partial charge in [0.15, 0.2) is 0 Å². The Morgan fingerprint density at radius 2 is 1.86 bits per heavy atom. The van der Waals surface area contributed by atoms with Crippen molar-refractivity contribution >= 4 is 15.9 Å². The number of halogens is 2. The van der Waals surface area contributed by atoms with Gasteiger partial charge in [-0.25, -0.2) is 4.39 Å². The van der Waals surface area contributed by atoms with Gasteiger partial charge in [0, 0.05) is 11.6 Å². The molecule has 0 bridgehead atoms. The maximum Gasteiger partial charge on any atom is 0.137 e. The lowest BCUT2D eigenvalue weighted by atomic mass is 9.83. The van der Waals surface area contributed by atoms with Crippen LogP contribution >= 0.6 is 15.9 Å². The molecule has 1 saturated heterocycles. The van der Waals surface area contributed by atoms with Gasteiger partial charge < -0.3 is 5.73 Å². The fourth-order valence-corrected chi connectivity index (χ4v) is 4.63. The van der Waals surface area contributed by atoms with Crippen molar-refractivity contribution in [3.63, 3.8) is 0 Å². The molecule has 1 aromatic carbocycles. The number of nitrogens with zero attached hydrogens (tertiary/aromatic N) is 1. The van der Waals surface area contributed by atoms with Gasteiger partial charge in [0.1, 0.15) is 5.82 Å². The third-order valence-electron chi connectivity index (χ3n) is 5.37. The first-order chi connectivity index (χ1) is 10.1. The zero-order valence-corrected chi connectivity index (χ0v) is 14.0. The number of likely N-dealkylation sites (tertiary alicyclic amines) is 1. The molecule has 0 amide bonds. The van der Waals surface area contributed by atoms with E-state index in [1.165, 1.54) is 57.7 Å². The Morgan fingerprint density at radius 1 is 1.19 bits per heavy atom. The molecule has 1 aliphatic heterocycles. The summed E-state index contributed by atoms with van der Waals surface area (Å²) >= 11 is 3.37. The summed E-state index contributed by atoms with van der Waals surface area (Å²) in [4.78, 5) is 2.62. The van der Waals surface area contributed by atoms with Gasteiger partial charge in [-0.1, -0.05) is 25.0 Å². The van der Waals surface area contributed by atoms with Crippen molar-refractivity contribution < 1.29 is 4.39 Å². The van der Waals surface area contributed by atoms with Crippen molar-refractivity contribution in [1.82, 2.24) is 4.90 Å². The van der Waals surface area contributed by atoms with E-state index in [-0.39, 0.29) is 17.4 Å². The Kier molecular flexibility index (Phi) is 4.67. The van der Waals surface area contributed by atoms with E-state index in [1.807, 2.05) is 6.07 Å². The summed E-state index contributed by atoms with van der Waals surface area (Å²) in [5.74, 6) is -0.193. The molecule has 2 nitrogen and oxygen atoms in total. The summed E-state index contributed by atoms with van der Waals surface area (Å²) in [6.45, 7) is 2.36. The topological polar surface area (TPSA) is 29.3 Å². The van der Waals surface area contributed by atoms with Gasteiger partial charge in [0.25, 0.3) is 0 Å². The van der Waals surface area contributed by atoms with Crippen LogP contribution < -0.4 is 5.73 Å². The van der Waals surface area contributed by atoms with Crippen LogP contribution in [0.25, 0.3) is 0 Å². The Labute approximate surface area is 135 Å². The van der Waals surface area contributed by atoms with Gasteiger partial charge in [0.2, 0.25) is 0 Å². The maximum atomic E-state index is 13.7. The molecule has 1 aliphatic carbocycles. The Hall–Kier alpha value is -0.450. The molecule has 21 heavy (non-hydrogen) atoms. The highest BCUT2D eigenvalue weighted by molar-refractivity contribution is 9.10. The normalized spacial score (nSPS) is 23.6. The van der Waals surface area contributed by atoms with Crippen molar-refractivity contribution in [3.05, 3.63) is 34.1 Å².